The van der Waals surface area contributed by atoms with Crippen LogP contribution in [0.1, 0.15) is 27.9 Å². The predicted octanol–water partition coefficient (Wildman–Crippen LogP) is 2.60. The van der Waals surface area contributed by atoms with Crippen molar-refractivity contribution >= 4 is 29.2 Å². The maximum absolute atomic E-state index is 12.4. The van der Waals surface area contributed by atoms with E-state index in [1.165, 1.54) is 4.90 Å². The van der Waals surface area contributed by atoms with E-state index in [9.17, 15) is 14.4 Å². The Hall–Kier alpha value is -3.41. The van der Waals surface area contributed by atoms with E-state index in [2.05, 4.69) is 11.9 Å². The number of hydrogen-bond donors (Lipinski definition) is 1. The zero-order valence-corrected chi connectivity index (χ0v) is 14.0. The molecule has 0 spiro atoms. The van der Waals surface area contributed by atoms with Gasteiger partial charge in [-0.05, 0) is 36.2 Å². The van der Waals surface area contributed by atoms with Gasteiger partial charge in [0.1, 0.15) is 12.3 Å². The van der Waals surface area contributed by atoms with E-state index in [1.54, 1.807) is 36.4 Å². The molecule has 6 nitrogen and oxygen atoms in total. The number of rotatable bonds is 3. The third-order valence-electron chi connectivity index (χ3n) is 4.53. The highest BCUT2D eigenvalue weighted by Gasteiger charge is 2.32. The highest BCUT2D eigenvalue weighted by atomic mass is 16.5. The van der Waals surface area contributed by atoms with Gasteiger partial charge < -0.3 is 10.1 Å². The number of nitrogens with one attached hydrogen (secondary N) is 1. The van der Waals surface area contributed by atoms with Crippen molar-refractivity contribution in [3.63, 3.8) is 0 Å². The molecule has 2 aliphatic heterocycles. The fourth-order valence-electron chi connectivity index (χ4n) is 3.22. The summed E-state index contributed by atoms with van der Waals surface area (Å²) in [6.45, 7) is 3.70. The Kier molecular flexibility index (Phi) is 3.80. The maximum Gasteiger partial charge on any atom is 0.331 e. The van der Waals surface area contributed by atoms with Gasteiger partial charge in [-0.25, -0.2) is 4.79 Å². The van der Waals surface area contributed by atoms with Crippen LogP contribution in [0.2, 0.25) is 0 Å². The number of esters is 1. The molecule has 130 valence electrons. The topological polar surface area (TPSA) is 75.7 Å². The zero-order valence-electron chi connectivity index (χ0n) is 14.0. The number of hydrogen-bond acceptors (Lipinski definition) is 4. The first-order valence-corrected chi connectivity index (χ1v) is 8.26. The van der Waals surface area contributed by atoms with Crippen molar-refractivity contribution in [1.82, 2.24) is 4.90 Å². The Labute approximate surface area is 150 Å². The number of fused-ring (bicyclic) bond motifs is 2. The van der Waals surface area contributed by atoms with E-state index >= 15 is 0 Å². The second kappa shape index (κ2) is 6.15. The van der Waals surface area contributed by atoms with Crippen LogP contribution in [0.15, 0.2) is 49.0 Å². The van der Waals surface area contributed by atoms with E-state index in [0.29, 0.717) is 29.9 Å². The third-order valence-corrected chi connectivity index (χ3v) is 4.53. The summed E-state index contributed by atoms with van der Waals surface area (Å²) in [5.41, 5.74) is 3.42. The average Bonchev–Trinajstić information content (AvgIpc) is 2.87. The van der Waals surface area contributed by atoms with Crippen LogP contribution in [-0.4, -0.2) is 29.2 Å². The van der Waals surface area contributed by atoms with E-state index in [0.717, 1.165) is 16.8 Å². The average molecular weight is 348 g/mol. The predicted molar refractivity (Wildman–Crippen MR) is 95.5 cm³/mol. The van der Waals surface area contributed by atoms with Crippen molar-refractivity contribution in [2.45, 2.75) is 12.8 Å². The molecule has 0 radical (unpaired) electrons. The molecule has 0 saturated heterocycles. The number of carbonyl (C=O) groups is 3. The molecule has 2 aliphatic rings. The molecule has 26 heavy (non-hydrogen) atoms. The number of nitrogens with zero attached hydrogens (tertiary/aromatic N) is 1. The Balaban J connectivity index is 1.46. The smallest absolute Gasteiger partial charge is 0.331 e. The van der Waals surface area contributed by atoms with E-state index in [4.69, 9.17) is 4.74 Å². The molecule has 2 heterocycles. The first-order valence-electron chi connectivity index (χ1n) is 8.26. The summed E-state index contributed by atoms with van der Waals surface area (Å²) in [7, 11) is 0. The second-order valence-corrected chi connectivity index (χ2v) is 6.22. The van der Waals surface area contributed by atoms with E-state index in [-0.39, 0.29) is 18.4 Å². The van der Waals surface area contributed by atoms with Crippen molar-refractivity contribution in [2.24, 2.45) is 0 Å². The van der Waals surface area contributed by atoms with Gasteiger partial charge in [-0.15, -0.1) is 0 Å². The standard InChI is InChI=1S/C20H16N2O4/c1-12-15-4-2-3-5-16(15)20(25)22(12)11-19(24)26-14-7-8-17-13(10-14)6-9-18(23)21-17/h2-5,7-8,10H,1,6,9,11H2,(H,21,23). The summed E-state index contributed by atoms with van der Waals surface area (Å²) >= 11 is 0. The van der Waals surface area contributed by atoms with Gasteiger partial charge in [-0.3, -0.25) is 14.5 Å². The lowest BCUT2D eigenvalue weighted by atomic mass is 10.0. The minimum atomic E-state index is -0.549. The van der Waals surface area contributed by atoms with Crippen molar-refractivity contribution < 1.29 is 19.1 Å². The quantitative estimate of drug-likeness (QED) is 0.683. The Morgan fingerprint density at radius 1 is 1.12 bits per heavy atom. The molecule has 0 bridgehead atoms. The van der Waals surface area contributed by atoms with Crippen molar-refractivity contribution in [1.29, 1.82) is 0 Å². The Bertz CT molecular complexity index is 929. The Morgan fingerprint density at radius 2 is 1.88 bits per heavy atom. The zero-order chi connectivity index (χ0) is 18.3. The third kappa shape index (κ3) is 2.75. The summed E-state index contributed by atoms with van der Waals surface area (Å²) in [5.74, 6) is -0.435. The SMILES string of the molecule is C=C1c2ccccc2C(=O)N1CC(=O)Oc1ccc2c(c1)CCC(=O)N2. The molecule has 0 aliphatic carbocycles. The lowest BCUT2D eigenvalue weighted by Crippen LogP contribution is -2.31. The number of benzene rings is 2. The van der Waals surface area contributed by atoms with Crippen LogP contribution in [0.4, 0.5) is 5.69 Å². The highest BCUT2D eigenvalue weighted by molar-refractivity contribution is 6.10. The molecule has 0 aromatic heterocycles. The van der Waals surface area contributed by atoms with Gasteiger partial charge in [-0.2, -0.15) is 0 Å². The molecule has 0 atom stereocenters. The van der Waals surface area contributed by atoms with Crippen molar-refractivity contribution in [2.75, 3.05) is 11.9 Å². The molecular weight excluding hydrogens is 332 g/mol. The maximum atomic E-state index is 12.4. The van der Waals surface area contributed by atoms with Gasteiger partial charge in [0, 0.05) is 28.9 Å². The van der Waals surface area contributed by atoms with E-state index < -0.39 is 5.97 Å². The van der Waals surface area contributed by atoms with Gasteiger partial charge in [-0.1, -0.05) is 24.8 Å². The van der Waals surface area contributed by atoms with Gasteiger partial charge >= 0.3 is 5.97 Å². The first kappa shape index (κ1) is 16.1. The molecular formula is C20H16N2O4. The molecule has 6 heteroatoms. The largest absolute Gasteiger partial charge is 0.425 e. The summed E-state index contributed by atoms with van der Waals surface area (Å²) < 4.78 is 5.38. The lowest BCUT2D eigenvalue weighted by Gasteiger charge is -2.18. The van der Waals surface area contributed by atoms with Gasteiger partial charge in [0.25, 0.3) is 5.91 Å². The van der Waals surface area contributed by atoms with Gasteiger partial charge in [0.2, 0.25) is 5.91 Å². The minimum absolute atomic E-state index is 0.0205. The number of anilines is 1. The summed E-state index contributed by atoms with van der Waals surface area (Å²) in [5, 5.41) is 2.78. The highest BCUT2D eigenvalue weighted by Crippen LogP contribution is 2.31. The van der Waals surface area contributed by atoms with Crippen LogP contribution in [-0.2, 0) is 16.0 Å². The molecule has 0 fully saturated rings. The molecule has 1 N–H and O–H groups in total. The Morgan fingerprint density at radius 3 is 2.65 bits per heavy atom. The second-order valence-electron chi connectivity index (χ2n) is 6.22. The molecule has 2 amide bonds. The van der Waals surface area contributed by atoms with Crippen LogP contribution in [0.5, 0.6) is 5.75 Å². The molecule has 0 unspecified atom stereocenters. The molecule has 0 saturated carbocycles. The molecule has 4 rings (SSSR count). The minimum Gasteiger partial charge on any atom is -0.425 e. The number of amides is 2. The van der Waals surface area contributed by atoms with Gasteiger partial charge in [0.15, 0.2) is 0 Å². The molecule has 2 aromatic rings. The molecule has 2 aromatic carbocycles. The number of carbonyl (C=O) groups excluding carboxylic acids is 3. The van der Waals surface area contributed by atoms with Crippen LogP contribution >= 0.6 is 0 Å². The normalized spacial score (nSPS) is 15.4. The fraction of sp³-hybridized carbons (Fsp3) is 0.150. The first-order chi connectivity index (χ1) is 12.5. The lowest BCUT2D eigenvalue weighted by molar-refractivity contribution is -0.134. The van der Waals surface area contributed by atoms with Gasteiger partial charge in [0.05, 0.1) is 0 Å². The summed E-state index contributed by atoms with van der Waals surface area (Å²) in [6.07, 6.45) is 1.01. The van der Waals surface area contributed by atoms with Crippen LogP contribution in [0.3, 0.4) is 0 Å². The van der Waals surface area contributed by atoms with Crippen molar-refractivity contribution in [3.8, 4) is 5.75 Å². The summed E-state index contributed by atoms with van der Waals surface area (Å²) in [6, 6.07) is 12.2. The van der Waals surface area contributed by atoms with Crippen LogP contribution in [0.25, 0.3) is 5.70 Å². The number of ether oxygens (including phenoxy) is 1. The summed E-state index contributed by atoms with van der Waals surface area (Å²) in [4.78, 5) is 37.5. The van der Waals surface area contributed by atoms with Crippen molar-refractivity contribution in [3.05, 3.63) is 65.7 Å². The fourth-order valence-corrected chi connectivity index (χ4v) is 3.22. The van der Waals surface area contributed by atoms with Crippen LogP contribution < -0.4 is 10.1 Å². The van der Waals surface area contributed by atoms with E-state index in [1.807, 2.05) is 6.07 Å². The monoisotopic (exact) mass is 348 g/mol. The van der Waals surface area contributed by atoms with Crippen LogP contribution in [0, 0.1) is 0 Å². The number of aryl methyl sites for hydroxylation is 1.